The van der Waals surface area contributed by atoms with Gasteiger partial charge in [-0.2, -0.15) is 0 Å². The minimum Gasteiger partial charge on any atom is -0.324 e. The van der Waals surface area contributed by atoms with Gasteiger partial charge >= 0.3 is 0 Å². The van der Waals surface area contributed by atoms with Gasteiger partial charge in [-0.25, -0.2) is 0 Å². The Morgan fingerprint density at radius 1 is 1.73 bits per heavy atom. The van der Waals surface area contributed by atoms with Crippen molar-refractivity contribution in [2.75, 3.05) is 0 Å². The molecule has 1 atom stereocenters. The number of aromatic nitrogens is 1. The Balaban J connectivity index is 2.68. The van der Waals surface area contributed by atoms with Gasteiger partial charge in [0, 0.05) is 18.4 Å². The fraction of sp³-hybridized carbons (Fsp3) is 0.222. The molecule has 0 fully saturated rings. The summed E-state index contributed by atoms with van der Waals surface area (Å²) in [5.41, 5.74) is 6.86. The van der Waals surface area contributed by atoms with E-state index in [0.717, 1.165) is 12.0 Å². The Labute approximate surface area is 66.8 Å². The number of nitrogens with zero attached hydrogens (tertiary/aromatic N) is 1. The van der Waals surface area contributed by atoms with Gasteiger partial charge in [0.2, 0.25) is 0 Å². The van der Waals surface area contributed by atoms with Crippen molar-refractivity contribution >= 4 is 0 Å². The van der Waals surface area contributed by atoms with Gasteiger partial charge in [-0.15, -0.1) is 6.58 Å². The van der Waals surface area contributed by atoms with E-state index in [1.165, 1.54) is 0 Å². The zero-order valence-electron chi connectivity index (χ0n) is 6.40. The Morgan fingerprint density at radius 3 is 3.09 bits per heavy atom. The lowest BCUT2D eigenvalue weighted by Gasteiger charge is -2.06. The SMILES string of the molecule is C=CC[C@H](N)c1cccnc1. The lowest BCUT2D eigenvalue weighted by atomic mass is 10.1. The fourth-order valence-electron chi connectivity index (χ4n) is 0.911. The summed E-state index contributed by atoms with van der Waals surface area (Å²) in [5.74, 6) is 0. The lowest BCUT2D eigenvalue weighted by molar-refractivity contribution is 0.737. The predicted octanol–water partition coefficient (Wildman–Crippen LogP) is 1.66. The summed E-state index contributed by atoms with van der Waals surface area (Å²) in [6, 6.07) is 3.90. The molecule has 2 nitrogen and oxygen atoms in total. The predicted molar refractivity (Wildman–Crippen MR) is 46.0 cm³/mol. The summed E-state index contributed by atoms with van der Waals surface area (Å²) in [4.78, 5) is 3.97. The highest BCUT2D eigenvalue weighted by molar-refractivity contribution is 5.13. The standard InChI is InChI=1S/C9H12N2/c1-2-4-9(10)8-5-3-6-11-7-8/h2-3,5-7,9H,1,4,10H2/t9-/m0/s1. The van der Waals surface area contributed by atoms with Gasteiger partial charge in [0.15, 0.2) is 0 Å². The molecule has 2 N–H and O–H groups in total. The molecule has 0 saturated heterocycles. The first kappa shape index (κ1) is 7.95. The van der Waals surface area contributed by atoms with Crippen LogP contribution in [0, 0.1) is 0 Å². The van der Waals surface area contributed by atoms with Crippen LogP contribution in [0.25, 0.3) is 0 Å². The van der Waals surface area contributed by atoms with E-state index in [1.807, 2.05) is 18.2 Å². The molecule has 0 aliphatic carbocycles. The molecule has 0 aliphatic rings. The average molecular weight is 148 g/mol. The maximum Gasteiger partial charge on any atom is 0.0345 e. The number of hydrogen-bond acceptors (Lipinski definition) is 2. The van der Waals surface area contributed by atoms with Gasteiger partial charge < -0.3 is 5.73 Å². The van der Waals surface area contributed by atoms with Crippen LogP contribution >= 0.6 is 0 Å². The minimum absolute atomic E-state index is 0.0428. The molecule has 1 aromatic rings. The van der Waals surface area contributed by atoms with E-state index in [4.69, 9.17) is 5.73 Å². The highest BCUT2D eigenvalue weighted by Crippen LogP contribution is 2.11. The van der Waals surface area contributed by atoms with E-state index < -0.39 is 0 Å². The third-order valence-corrected chi connectivity index (χ3v) is 1.53. The lowest BCUT2D eigenvalue weighted by Crippen LogP contribution is -2.08. The van der Waals surface area contributed by atoms with E-state index in [2.05, 4.69) is 11.6 Å². The molecule has 0 aromatic carbocycles. The molecule has 1 heterocycles. The van der Waals surface area contributed by atoms with Gasteiger partial charge in [-0.1, -0.05) is 12.1 Å². The molecule has 0 amide bonds. The quantitative estimate of drug-likeness (QED) is 0.662. The summed E-state index contributed by atoms with van der Waals surface area (Å²) in [7, 11) is 0. The van der Waals surface area contributed by atoms with Crippen LogP contribution in [-0.4, -0.2) is 4.98 Å². The Kier molecular flexibility index (Phi) is 2.81. The Bertz CT molecular complexity index is 218. The van der Waals surface area contributed by atoms with Gasteiger partial charge in [-0.3, -0.25) is 4.98 Å². The summed E-state index contributed by atoms with van der Waals surface area (Å²) in [6.45, 7) is 3.63. The van der Waals surface area contributed by atoms with Crippen molar-refractivity contribution in [3.8, 4) is 0 Å². The first-order valence-electron chi connectivity index (χ1n) is 3.61. The van der Waals surface area contributed by atoms with Crippen LogP contribution in [-0.2, 0) is 0 Å². The zero-order valence-corrected chi connectivity index (χ0v) is 6.40. The van der Waals surface area contributed by atoms with Crippen LogP contribution in [0.5, 0.6) is 0 Å². The van der Waals surface area contributed by atoms with Crippen LogP contribution in [0.3, 0.4) is 0 Å². The topological polar surface area (TPSA) is 38.9 Å². The first-order chi connectivity index (χ1) is 5.34. The Morgan fingerprint density at radius 2 is 2.55 bits per heavy atom. The molecular weight excluding hydrogens is 136 g/mol. The van der Waals surface area contributed by atoms with Crippen LogP contribution < -0.4 is 5.73 Å². The number of hydrogen-bond donors (Lipinski definition) is 1. The normalized spacial score (nSPS) is 12.5. The number of pyridine rings is 1. The average Bonchev–Trinajstić information content (AvgIpc) is 2.07. The van der Waals surface area contributed by atoms with Gasteiger partial charge in [0.05, 0.1) is 0 Å². The molecule has 11 heavy (non-hydrogen) atoms. The molecule has 0 spiro atoms. The van der Waals surface area contributed by atoms with Crippen LogP contribution in [0.1, 0.15) is 18.0 Å². The van der Waals surface area contributed by atoms with Crippen molar-refractivity contribution < 1.29 is 0 Å². The van der Waals surface area contributed by atoms with E-state index in [9.17, 15) is 0 Å². The summed E-state index contributed by atoms with van der Waals surface area (Å²) in [6.07, 6.45) is 6.14. The molecular formula is C9H12N2. The van der Waals surface area contributed by atoms with Crippen LogP contribution in [0.15, 0.2) is 37.2 Å². The van der Waals surface area contributed by atoms with E-state index >= 15 is 0 Å². The largest absolute Gasteiger partial charge is 0.324 e. The Hall–Kier alpha value is -1.15. The van der Waals surface area contributed by atoms with Gasteiger partial charge in [0.25, 0.3) is 0 Å². The zero-order chi connectivity index (χ0) is 8.10. The van der Waals surface area contributed by atoms with E-state index in [0.29, 0.717) is 0 Å². The van der Waals surface area contributed by atoms with Crippen molar-refractivity contribution in [2.24, 2.45) is 5.73 Å². The summed E-state index contributed by atoms with van der Waals surface area (Å²) >= 11 is 0. The van der Waals surface area contributed by atoms with Crippen molar-refractivity contribution in [2.45, 2.75) is 12.5 Å². The molecule has 58 valence electrons. The van der Waals surface area contributed by atoms with Gasteiger partial charge in [0.1, 0.15) is 0 Å². The molecule has 0 unspecified atom stereocenters. The third kappa shape index (κ3) is 2.16. The van der Waals surface area contributed by atoms with Crippen molar-refractivity contribution in [1.82, 2.24) is 4.98 Å². The highest BCUT2D eigenvalue weighted by Gasteiger charge is 2.01. The van der Waals surface area contributed by atoms with Crippen molar-refractivity contribution in [3.63, 3.8) is 0 Å². The number of rotatable bonds is 3. The van der Waals surface area contributed by atoms with Crippen molar-refractivity contribution in [1.29, 1.82) is 0 Å². The minimum atomic E-state index is 0.0428. The molecule has 2 heteroatoms. The second kappa shape index (κ2) is 3.88. The second-order valence-corrected chi connectivity index (χ2v) is 2.42. The fourth-order valence-corrected chi connectivity index (χ4v) is 0.911. The highest BCUT2D eigenvalue weighted by atomic mass is 14.7. The second-order valence-electron chi connectivity index (χ2n) is 2.42. The van der Waals surface area contributed by atoms with E-state index in [-0.39, 0.29) is 6.04 Å². The summed E-state index contributed by atoms with van der Waals surface area (Å²) < 4.78 is 0. The van der Waals surface area contributed by atoms with E-state index in [1.54, 1.807) is 12.4 Å². The molecule has 1 rings (SSSR count). The first-order valence-corrected chi connectivity index (χ1v) is 3.61. The summed E-state index contributed by atoms with van der Waals surface area (Å²) in [5, 5.41) is 0. The monoisotopic (exact) mass is 148 g/mol. The molecule has 0 aliphatic heterocycles. The maximum atomic E-state index is 5.79. The molecule has 0 radical (unpaired) electrons. The van der Waals surface area contributed by atoms with Crippen LogP contribution in [0.2, 0.25) is 0 Å². The van der Waals surface area contributed by atoms with Crippen LogP contribution in [0.4, 0.5) is 0 Å². The smallest absolute Gasteiger partial charge is 0.0345 e. The number of nitrogens with two attached hydrogens (primary N) is 1. The van der Waals surface area contributed by atoms with Crippen molar-refractivity contribution in [3.05, 3.63) is 42.7 Å². The molecule has 0 bridgehead atoms. The van der Waals surface area contributed by atoms with Gasteiger partial charge in [-0.05, 0) is 18.1 Å². The molecule has 1 aromatic heterocycles. The third-order valence-electron chi connectivity index (χ3n) is 1.53. The maximum absolute atomic E-state index is 5.79. The molecule has 0 saturated carbocycles.